The van der Waals surface area contributed by atoms with Gasteiger partial charge in [0.15, 0.2) is 5.65 Å². The molecule has 28 heavy (non-hydrogen) atoms. The van der Waals surface area contributed by atoms with E-state index in [9.17, 15) is 4.79 Å². The first-order valence-electron chi connectivity index (χ1n) is 9.08. The molecule has 0 unspecified atom stereocenters. The van der Waals surface area contributed by atoms with Gasteiger partial charge in [0, 0.05) is 24.4 Å². The minimum absolute atomic E-state index is 0.582. The van der Waals surface area contributed by atoms with Gasteiger partial charge >= 0.3 is 0 Å². The Kier molecular flexibility index (Phi) is 8.42. The zero-order valence-corrected chi connectivity index (χ0v) is 17.8. The van der Waals surface area contributed by atoms with Gasteiger partial charge in [-0.1, -0.05) is 50.3 Å². The Bertz CT molecular complexity index is 964. The summed E-state index contributed by atoms with van der Waals surface area (Å²) in [7, 11) is 0. The van der Waals surface area contributed by atoms with Crippen molar-refractivity contribution >= 4 is 33.8 Å². The van der Waals surface area contributed by atoms with Crippen LogP contribution in [0.15, 0.2) is 71.0 Å². The smallest absolute Gasteiger partial charge is 0.211 e. The third-order valence-corrected chi connectivity index (χ3v) is 4.36. The molecule has 1 amide bonds. The first-order chi connectivity index (χ1) is 13.7. The molecule has 0 radical (unpaired) electrons. The van der Waals surface area contributed by atoms with Gasteiger partial charge in [0.1, 0.15) is 5.82 Å². The molecule has 1 aromatic carbocycles. The number of hydrogen-bond donors (Lipinski definition) is 2. The normalized spacial score (nSPS) is 11.2. The summed E-state index contributed by atoms with van der Waals surface area (Å²) < 4.78 is 2.59. The molecule has 0 spiro atoms. The van der Waals surface area contributed by atoms with E-state index in [4.69, 9.17) is 4.98 Å². The van der Waals surface area contributed by atoms with E-state index in [1.165, 1.54) is 0 Å². The van der Waals surface area contributed by atoms with Gasteiger partial charge in [-0.3, -0.25) is 4.79 Å². The molecule has 0 bridgehead atoms. The van der Waals surface area contributed by atoms with Crippen molar-refractivity contribution in [3.63, 3.8) is 0 Å². The molecule has 0 atom stereocenters. The van der Waals surface area contributed by atoms with Crippen molar-refractivity contribution in [3.8, 4) is 11.3 Å². The monoisotopic (exact) mass is 441 g/mol. The zero-order chi connectivity index (χ0) is 20.4. The van der Waals surface area contributed by atoms with Gasteiger partial charge < -0.3 is 10.6 Å². The van der Waals surface area contributed by atoms with Crippen molar-refractivity contribution in [1.29, 1.82) is 0 Å². The molecule has 3 aromatic rings. The van der Waals surface area contributed by atoms with Crippen LogP contribution in [0.4, 0.5) is 5.82 Å². The van der Waals surface area contributed by atoms with Gasteiger partial charge in [0.2, 0.25) is 6.41 Å². The summed E-state index contributed by atoms with van der Waals surface area (Å²) in [4.78, 5) is 15.1. The molecule has 7 heteroatoms. The van der Waals surface area contributed by atoms with Crippen molar-refractivity contribution in [1.82, 2.24) is 19.9 Å². The number of nitrogens with one attached hydrogen (secondary N) is 2. The van der Waals surface area contributed by atoms with Crippen LogP contribution in [0.25, 0.3) is 16.9 Å². The Morgan fingerprint density at radius 2 is 2.00 bits per heavy atom. The highest BCUT2D eigenvalue weighted by Crippen LogP contribution is 2.25. The number of rotatable bonds is 7. The molecule has 0 fully saturated rings. The Morgan fingerprint density at radius 1 is 1.25 bits per heavy atom. The minimum atomic E-state index is 0.582. The second kappa shape index (κ2) is 11.0. The summed E-state index contributed by atoms with van der Waals surface area (Å²) in [5, 5.41) is 10.3. The molecular weight excluding hydrogens is 418 g/mol. The number of nitrogens with zero attached hydrogens (tertiary/aromatic N) is 3. The van der Waals surface area contributed by atoms with Crippen LogP contribution in [-0.2, 0) is 4.79 Å². The maximum atomic E-state index is 10.4. The predicted molar refractivity (Wildman–Crippen MR) is 118 cm³/mol. The SMILES string of the molecule is C/C=C(\C=C/NC=O)CNc1cc(-c2ccccc2)nc2c(Br)cnn12.CC. The van der Waals surface area contributed by atoms with Crippen LogP contribution in [0, 0.1) is 0 Å². The number of carbonyl (C=O) groups excluding carboxylic acids is 1. The number of amides is 1. The summed E-state index contributed by atoms with van der Waals surface area (Å²) in [6.45, 7) is 6.53. The lowest BCUT2D eigenvalue weighted by Crippen LogP contribution is -2.10. The second-order valence-corrected chi connectivity index (χ2v) is 6.31. The first kappa shape index (κ1) is 21.4. The van der Waals surface area contributed by atoms with E-state index in [0.717, 1.165) is 32.8 Å². The maximum absolute atomic E-state index is 10.4. The fourth-order valence-electron chi connectivity index (χ4n) is 2.46. The van der Waals surface area contributed by atoms with Crippen molar-refractivity contribution in [2.75, 3.05) is 11.9 Å². The van der Waals surface area contributed by atoms with Gasteiger partial charge in [-0.2, -0.15) is 9.61 Å². The standard InChI is InChI=1S/C19H18BrN5O.C2H6/c1-2-14(8-9-21-13-26)11-22-18-10-17(15-6-4-3-5-7-15)24-19-16(20)12-23-25(18)19;1-2/h2-10,12-13,22H,11H2,1H3,(H,21,26);1-2H3/b9-8-,14-2+;. The molecule has 3 rings (SSSR count). The highest BCUT2D eigenvalue weighted by atomic mass is 79.9. The van der Waals surface area contributed by atoms with E-state index in [2.05, 4.69) is 31.7 Å². The lowest BCUT2D eigenvalue weighted by atomic mass is 10.1. The lowest BCUT2D eigenvalue weighted by Gasteiger charge is -2.11. The van der Waals surface area contributed by atoms with Crippen LogP contribution in [-0.4, -0.2) is 27.6 Å². The summed E-state index contributed by atoms with van der Waals surface area (Å²) in [6.07, 6.45) is 7.79. The molecule has 0 saturated heterocycles. The number of allylic oxidation sites excluding steroid dienone is 1. The maximum Gasteiger partial charge on any atom is 0.211 e. The molecule has 0 aliphatic rings. The lowest BCUT2D eigenvalue weighted by molar-refractivity contribution is -0.108. The molecule has 146 valence electrons. The average molecular weight is 442 g/mol. The van der Waals surface area contributed by atoms with Crippen molar-refractivity contribution in [2.45, 2.75) is 20.8 Å². The number of halogens is 1. The number of hydrogen-bond acceptors (Lipinski definition) is 4. The van der Waals surface area contributed by atoms with E-state index in [0.29, 0.717) is 13.0 Å². The topological polar surface area (TPSA) is 71.3 Å². The second-order valence-electron chi connectivity index (χ2n) is 5.46. The number of benzene rings is 1. The highest BCUT2D eigenvalue weighted by molar-refractivity contribution is 9.10. The van der Waals surface area contributed by atoms with E-state index in [-0.39, 0.29) is 0 Å². The number of carbonyl (C=O) groups is 1. The van der Waals surface area contributed by atoms with Gasteiger partial charge in [-0.15, -0.1) is 0 Å². The van der Waals surface area contributed by atoms with Crippen LogP contribution in [0.1, 0.15) is 20.8 Å². The van der Waals surface area contributed by atoms with E-state index < -0.39 is 0 Å². The highest BCUT2D eigenvalue weighted by Gasteiger charge is 2.11. The van der Waals surface area contributed by atoms with Crippen LogP contribution in [0.3, 0.4) is 0 Å². The molecule has 0 saturated carbocycles. The molecule has 0 aliphatic carbocycles. The van der Waals surface area contributed by atoms with Crippen LogP contribution < -0.4 is 10.6 Å². The largest absolute Gasteiger partial charge is 0.366 e. The summed E-state index contributed by atoms with van der Waals surface area (Å²) in [5.41, 5.74) is 3.67. The van der Waals surface area contributed by atoms with Gasteiger partial charge in [0.25, 0.3) is 0 Å². The Morgan fingerprint density at radius 3 is 2.68 bits per heavy atom. The summed E-state index contributed by atoms with van der Waals surface area (Å²) >= 11 is 3.51. The molecule has 2 N–H and O–H groups in total. The van der Waals surface area contributed by atoms with Crippen LogP contribution in [0.5, 0.6) is 0 Å². The molecular formula is C21H24BrN5O. The summed E-state index contributed by atoms with van der Waals surface area (Å²) in [6, 6.07) is 12.0. The van der Waals surface area contributed by atoms with E-state index >= 15 is 0 Å². The Labute approximate surface area is 173 Å². The number of anilines is 1. The van der Waals surface area contributed by atoms with Crippen molar-refractivity contribution < 1.29 is 4.79 Å². The van der Waals surface area contributed by atoms with E-state index in [1.807, 2.05) is 69.3 Å². The number of aromatic nitrogens is 3. The predicted octanol–water partition coefficient (Wildman–Crippen LogP) is 4.80. The van der Waals surface area contributed by atoms with Crippen LogP contribution in [0.2, 0.25) is 0 Å². The fourth-order valence-corrected chi connectivity index (χ4v) is 2.81. The Hall–Kier alpha value is -2.93. The number of fused-ring (bicyclic) bond motifs is 1. The quantitative estimate of drug-likeness (QED) is 0.407. The fraction of sp³-hybridized carbons (Fsp3) is 0.190. The average Bonchev–Trinajstić information content (AvgIpc) is 3.13. The minimum Gasteiger partial charge on any atom is -0.366 e. The third kappa shape index (κ3) is 5.29. The third-order valence-electron chi connectivity index (χ3n) is 3.80. The molecule has 2 heterocycles. The van der Waals surface area contributed by atoms with Gasteiger partial charge in [0.05, 0.1) is 16.4 Å². The van der Waals surface area contributed by atoms with Gasteiger partial charge in [-0.25, -0.2) is 4.98 Å². The molecule has 6 nitrogen and oxygen atoms in total. The van der Waals surface area contributed by atoms with Crippen molar-refractivity contribution in [2.24, 2.45) is 0 Å². The molecule has 2 aromatic heterocycles. The zero-order valence-electron chi connectivity index (χ0n) is 16.2. The van der Waals surface area contributed by atoms with Gasteiger partial charge in [-0.05, 0) is 34.5 Å². The van der Waals surface area contributed by atoms with Crippen LogP contribution >= 0.6 is 15.9 Å². The first-order valence-corrected chi connectivity index (χ1v) is 9.87. The summed E-state index contributed by atoms with van der Waals surface area (Å²) in [5.74, 6) is 0.829. The van der Waals surface area contributed by atoms with Crippen molar-refractivity contribution in [3.05, 3.63) is 71.0 Å². The van der Waals surface area contributed by atoms with E-state index in [1.54, 1.807) is 16.9 Å². The molecule has 0 aliphatic heterocycles. The Balaban J connectivity index is 0.00000136.